The number of piperidine rings is 1. The molecule has 0 radical (unpaired) electrons. The summed E-state index contributed by atoms with van der Waals surface area (Å²) < 4.78 is 14.0. The number of alkyl halides is 1. The highest BCUT2D eigenvalue weighted by Gasteiger charge is 2.52. The second-order valence-corrected chi connectivity index (χ2v) is 5.52. The molecule has 110 valence electrons. The van der Waals surface area contributed by atoms with Gasteiger partial charge in [0.05, 0.1) is 12.0 Å². The first-order chi connectivity index (χ1) is 9.50. The van der Waals surface area contributed by atoms with Crippen molar-refractivity contribution in [2.24, 2.45) is 5.92 Å². The highest BCUT2D eigenvalue weighted by atomic mass is 19.1. The minimum absolute atomic E-state index is 0.168. The van der Waals surface area contributed by atoms with Crippen molar-refractivity contribution in [3.8, 4) is 0 Å². The summed E-state index contributed by atoms with van der Waals surface area (Å²) in [6.07, 6.45) is -0.908. The Morgan fingerprint density at radius 3 is 2.70 bits per heavy atom. The zero-order valence-corrected chi connectivity index (χ0v) is 10.8. The van der Waals surface area contributed by atoms with Crippen LogP contribution in [-0.4, -0.2) is 51.6 Å². The number of aliphatic hydroxyl groups excluding tert-OH is 2. The maximum Gasteiger partial charge on any atom is 0.252 e. The number of hydrogen-bond acceptors (Lipinski definition) is 4. The molecule has 2 fully saturated rings. The van der Waals surface area contributed by atoms with Crippen LogP contribution in [0.2, 0.25) is 0 Å². The van der Waals surface area contributed by atoms with Crippen LogP contribution in [0, 0.1) is 5.92 Å². The summed E-state index contributed by atoms with van der Waals surface area (Å²) in [7, 11) is 0. The number of fused-ring (bicyclic) bond motifs is 1. The Morgan fingerprint density at radius 2 is 2.05 bits per heavy atom. The lowest BCUT2D eigenvalue weighted by atomic mass is 9.87. The third kappa shape index (κ3) is 1.92. The normalized spacial score (nSPS) is 41.2. The average molecular weight is 284 g/mol. The third-order valence-corrected chi connectivity index (χ3v) is 4.34. The van der Waals surface area contributed by atoms with E-state index in [1.807, 2.05) is 0 Å². The van der Waals surface area contributed by atoms with Crippen LogP contribution in [0.25, 0.3) is 0 Å². The molecule has 1 aliphatic carbocycles. The van der Waals surface area contributed by atoms with Gasteiger partial charge in [0, 0.05) is 12.0 Å². The predicted molar refractivity (Wildman–Crippen MR) is 65.7 cm³/mol. The fourth-order valence-corrected chi connectivity index (χ4v) is 3.34. The highest BCUT2D eigenvalue weighted by molar-refractivity contribution is 5.97. The topological polar surface area (TPSA) is 89.9 Å². The van der Waals surface area contributed by atoms with E-state index in [1.54, 1.807) is 6.08 Å². The van der Waals surface area contributed by atoms with Crippen molar-refractivity contribution < 1.29 is 24.2 Å². The molecular formula is C13H17FN2O4. The summed E-state index contributed by atoms with van der Waals surface area (Å²) >= 11 is 0. The van der Waals surface area contributed by atoms with Crippen LogP contribution in [0.3, 0.4) is 0 Å². The van der Waals surface area contributed by atoms with Gasteiger partial charge < -0.3 is 20.4 Å². The summed E-state index contributed by atoms with van der Waals surface area (Å²) in [5, 5.41) is 22.5. The van der Waals surface area contributed by atoms with Crippen LogP contribution in [0.4, 0.5) is 4.39 Å². The van der Waals surface area contributed by atoms with Crippen LogP contribution < -0.4 is 5.32 Å². The van der Waals surface area contributed by atoms with Crippen LogP contribution >= 0.6 is 0 Å². The molecule has 3 aliphatic rings. The van der Waals surface area contributed by atoms with Gasteiger partial charge in [0.2, 0.25) is 5.91 Å². The van der Waals surface area contributed by atoms with E-state index >= 15 is 0 Å². The van der Waals surface area contributed by atoms with Gasteiger partial charge in [-0.2, -0.15) is 0 Å². The van der Waals surface area contributed by atoms with Gasteiger partial charge in [-0.3, -0.25) is 9.59 Å². The van der Waals surface area contributed by atoms with E-state index < -0.39 is 36.5 Å². The molecule has 2 amide bonds. The number of carbonyl (C=O) groups is 2. The zero-order chi connectivity index (χ0) is 14.4. The van der Waals surface area contributed by atoms with Crippen molar-refractivity contribution in [3.05, 3.63) is 11.6 Å². The molecule has 7 heteroatoms. The van der Waals surface area contributed by atoms with E-state index in [1.165, 1.54) is 0 Å². The maximum atomic E-state index is 14.0. The second kappa shape index (κ2) is 4.82. The number of rotatable bonds is 1. The van der Waals surface area contributed by atoms with E-state index in [2.05, 4.69) is 5.32 Å². The molecule has 0 saturated carbocycles. The van der Waals surface area contributed by atoms with Crippen LogP contribution in [0.15, 0.2) is 11.6 Å². The Morgan fingerprint density at radius 1 is 1.30 bits per heavy atom. The summed E-state index contributed by atoms with van der Waals surface area (Å²) in [6, 6.07) is -0.714. The standard InChI is InChI=1S/C13H17FN2O4/c14-7-3-1-2-6-10(7)13(20)16(12(6)19)8-4-5-9(17)15-11(8)18/h2,7-8,10-11,13,18,20H,1,3-5H2,(H,15,17). The Bertz CT molecular complexity index is 481. The van der Waals surface area contributed by atoms with Crippen LogP contribution in [-0.2, 0) is 9.59 Å². The van der Waals surface area contributed by atoms with Crippen LogP contribution in [0.1, 0.15) is 25.7 Å². The largest absolute Gasteiger partial charge is 0.373 e. The van der Waals surface area contributed by atoms with Gasteiger partial charge in [0.25, 0.3) is 5.91 Å². The molecule has 6 nitrogen and oxygen atoms in total. The molecule has 0 bridgehead atoms. The van der Waals surface area contributed by atoms with Gasteiger partial charge in [-0.05, 0) is 19.3 Å². The van der Waals surface area contributed by atoms with Crippen LogP contribution in [0.5, 0.6) is 0 Å². The third-order valence-electron chi connectivity index (χ3n) is 4.34. The highest BCUT2D eigenvalue weighted by Crippen LogP contribution is 2.40. The lowest BCUT2D eigenvalue weighted by Crippen LogP contribution is -2.58. The molecule has 3 rings (SSSR count). The quantitative estimate of drug-likeness (QED) is 0.601. The van der Waals surface area contributed by atoms with Crippen molar-refractivity contribution in [1.29, 1.82) is 0 Å². The van der Waals surface area contributed by atoms with Gasteiger partial charge in [-0.15, -0.1) is 0 Å². The Hall–Kier alpha value is -1.47. The molecule has 2 aliphatic heterocycles. The molecule has 20 heavy (non-hydrogen) atoms. The van der Waals surface area contributed by atoms with Crippen molar-refractivity contribution >= 4 is 11.8 Å². The molecule has 3 N–H and O–H groups in total. The molecule has 0 aromatic rings. The van der Waals surface area contributed by atoms with E-state index in [4.69, 9.17) is 0 Å². The number of likely N-dealkylation sites (tertiary alicyclic amines) is 1. The fraction of sp³-hybridized carbons (Fsp3) is 0.692. The number of amides is 2. The average Bonchev–Trinajstić information content (AvgIpc) is 2.64. The maximum absolute atomic E-state index is 14.0. The molecule has 2 heterocycles. The molecule has 0 aromatic heterocycles. The van der Waals surface area contributed by atoms with Gasteiger partial charge in [0.15, 0.2) is 0 Å². The van der Waals surface area contributed by atoms with E-state index in [-0.39, 0.29) is 25.2 Å². The number of nitrogens with zero attached hydrogens (tertiary/aromatic N) is 1. The number of hydrogen-bond donors (Lipinski definition) is 3. The molecule has 0 aromatic carbocycles. The predicted octanol–water partition coefficient (Wildman–Crippen LogP) is -0.582. The van der Waals surface area contributed by atoms with E-state index in [9.17, 15) is 24.2 Å². The van der Waals surface area contributed by atoms with Gasteiger partial charge in [0.1, 0.15) is 18.6 Å². The number of carbonyl (C=O) groups excluding carboxylic acids is 2. The Balaban J connectivity index is 1.87. The minimum Gasteiger partial charge on any atom is -0.373 e. The molecule has 2 saturated heterocycles. The summed E-state index contributed by atoms with van der Waals surface area (Å²) in [5.74, 6) is -1.58. The van der Waals surface area contributed by atoms with Crippen molar-refractivity contribution in [2.75, 3.05) is 0 Å². The smallest absolute Gasteiger partial charge is 0.252 e. The lowest BCUT2D eigenvalue weighted by molar-refractivity contribution is -0.150. The van der Waals surface area contributed by atoms with E-state index in [0.29, 0.717) is 12.0 Å². The summed E-state index contributed by atoms with van der Waals surface area (Å²) in [4.78, 5) is 24.6. The summed E-state index contributed by atoms with van der Waals surface area (Å²) in [5.41, 5.74) is 0.292. The van der Waals surface area contributed by atoms with E-state index in [0.717, 1.165) is 4.90 Å². The van der Waals surface area contributed by atoms with Gasteiger partial charge >= 0.3 is 0 Å². The number of nitrogens with one attached hydrogen (secondary N) is 1. The van der Waals surface area contributed by atoms with Crippen molar-refractivity contribution in [3.63, 3.8) is 0 Å². The van der Waals surface area contributed by atoms with Crippen molar-refractivity contribution in [1.82, 2.24) is 10.2 Å². The zero-order valence-electron chi connectivity index (χ0n) is 10.8. The second-order valence-electron chi connectivity index (χ2n) is 5.52. The lowest BCUT2D eigenvalue weighted by Gasteiger charge is -2.37. The van der Waals surface area contributed by atoms with Gasteiger partial charge in [-0.25, -0.2) is 4.39 Å². The number of aliphatic hydroxyl groups is 2. The molecular weight excluding hydrogens is 267 g/mol. The van der Waals surface area contributed by atoms with Gasteiger partial charge in [-0.1, -0.05) is 6.08 Å². The Labute approximate surface area is 115 Å². The number of allylic oxidation sites excluding steroid dienone is 1. The number of halogens is 1. The van der Waals surface area contributed by atoms with Crippen molar-refractivity contribution in [2.45, 2.75) is 50.4 Å². The fourth-order valence-electron chi connectivity index (χ4n) is 3.34. The first-order valence-electron chi connectivity index (χ1n) is 6.83. The molecule has 5 atom stereocenters. The molecule has 5 unspecified atom stereocenters. The monoisotopic (exact) mass is 284 g/mol. The Kier molecular flexibility index (Phi) is 3.25. The minimum atomic E-state index is -1.28. The first-order valence-corrected chi connectivity index (χ1v) is 6.83. The molecule has 0 spiro atoms. The summed E-state index contributed by atoms with van der Waals surface area (Å²) in [6.45, 7) is 0. The SMILES string of the molecule is O=C1CCC(N2C(=O)C3=CCCC(F)C3C2O)C(O)N1. The first kappa shape index (κ1) is 13.5.